The molecule has 1 N–H and O–H groups in total. The Morgan fingerprint density at radius 2 is 2.00 bits per heavy atom. The van der Waals surface area contributed by atoms with Crippen LogP contribution < -0.4 is 5.32 Å². The lowest BCUT2D eigenvalue weighted by molar-refractivity contribution is 0.0865. The third kappa shape index (κ3) is 3.78. The Balaban J connectivity index is 1.96. The molecule has 1 aliphatic rings. The van der Waals surface area contributed by atoms with Crippen molar-refractivity contribution in [2.24, 2.45) is 0 Å². The van der Waals surface area contributed by atoms with E-state index in [9.17, 15) is 0 Å². The van der Waals surface area contributed by atoms with E-state index in [1.165, 1.54) is 31.6 Å². The van der Waals surface area contributed by atoms with Gasteiger partial charge in [0, 0.05) is 38.3 Å². The van der Waals surface area contributed by atoms with E-state index in [0.29, 0.717) is 12.1 Å². The van der Waals surface area contributed by atoms with Crippen LogP contribution >= 0.6 is 0 Å². The van der Waals surface area contributed by atoms with Crippen molar-refractivity contribution in [2.75, 3.05) is 40.3 Å². The van der Waals surface area contributed by atoms with E-state index >= 15 is 0 Å². The van der Waals surface area contributed by atoms with Crippen LogP contribution in [0.15, 0.2) is 30.3 Å². The van der Waals surface area contributed by atoms with Gasteiger partial charge in [-0.05, 0) is 26.1 Å². The molecule has 0 bridgehead atoms. The third-order valence-electron chi connectivity index (χ3n) is 4.32. The molecule has 1 fully saturated rings. The summed E-state index contributed by atoms with van der Waals surface area (Å²) < 4.78 is 0. The zero-order chi connectivity index (χ0) is 13.7. The second-order valence-electron chi connectivity index (χ2n) is 5.55. The number of piperazine rings is 1. The highest BCUT2D eigenvalue weighted by atomic mass is 15.3. The normalized spacial score (nSPS) is 23.4. The molecule has 1 aromatic rings. The minimum absolute atomic E-state index is 0.433. The molecule has 1 saturated heterocycles. The molecule has 1 heterocycles. The first kappa shape index (κ1) is 14.5. The summed E-state index contributed by atoms with van der Waals surface area (Å²) in [5.74, 6) is 0. The van der Waals surface area contributed by atoms with Gasteiger partial charge in [-0.15, -0.1) is 0 Å². The van der Waals surface area contributed by atoms with Gasteiger partial charge < -0.3 is 10.2 Å². The van der Waals surface area contributed by atoms with Crippen molar-refractivity contribution < 1.29 is 0 Å². The van der Waals surface area contributed by atoms with Crippen molar-refractivity contribution in [3.63, 3.8) is 0 Å². The number of nitrogens with one attached hydrogen (secondary N) is 1. The van der Waals surface area contributed by atoms with Crippen LogP contribution in [0.5, 0.6) is 0 Å². The van der Waals surface area contributed by atoms with Crippen LogP contribution in [0.2, 0.25) is 0 Å². The predicted molar refractivity (Wildman–Crippen MR) is 81.4 cm³/mol. The molecule has 3 nitrogen and oxygen atoms in total. The highest BCUT2D eigenvalue weighted by Gasteiger charge is 2.24. The van der Waals surface area contributed by atoms with Crippen molar-refractivity contribution >= 4 is 0 Å². The molecule has 106 valence electrons. The Morgan fingerprint density at radius 1 is 1.26 bits per heavy atom. The predicted octanol–water partition coefficient (Wildman–Crippen LogP) is 1.97. The quantitative estimate of drug-likeness (QED) is 0.874. The molecule has 0 saturated carbocycles. The molecule has 2 atom stereocenters. The summed E-state index contributed by atoms with van der Waals surface area (Å²) in [6.45, 7) is 6.95. The average molecular weight is 261 g/mol. The fourth-order valence-corrected chi connectivity index (χ4v) is 2.92. The first-order valence-corrected chi connectivity index (χ1v) is 7.39. The van der Waals surface area contributed by atoms with Gasteiger partial charge in [0.25, 0.3) is 0 Å². The summed E-state index contributed by atoms with van der Waals surface area (Å²) in [5.41, 5.74) is 1.39. The number of hydrogen-bond donors (Lipinski definition) is 1. The molecule has 2 unspecified atom stereocenters. The van der Waals surface area contributed by atoms with Gasteiger partial charge in [-0.1, -0.05) is 37.3 Å². The van der Waals surface area contributed by atoms with Gasteiger partial charge in [0.1, 0.15) is 0 Å². The Labute approximate surface area is 117 Å². The summed E-state index contributed by atoms with van der Waals surface area (Å²) >= 11 is 0. The number of likely N-dealkylation sites (N-methyl/N-ethyl adjacent to an activating group) is 2. The number of nitrogens with zero attached hydrogens (tertiary/aromatic N) is 2. The second-order valence-corrected chi connectivity index (χ2v) is 5.55. The maximum absolute atomic E-state index is 3.45. The SMILES string of the molecule is CCC1CN(CC(NC)c2ccccc2)CCN1C. The van der Waals surface area contributed by atoms with Gasteiger partial charge >= 0.3 is 0 Å². The first-order chi connectivity index (χ1) is 9.24. The molecule has 0 aliphatic carbocycles. The topological polar surface area (TPSA) is 18.5 Å². The Bertz CT molecular complexity index is 366. The van der Waals surface area contributed by atoms with Crippen LogP contribution in [0.1, 0.15) is 24.9 Å². The van der Waals surface area contributed by atoms with E-state index in [-0.39, 0.29) is 0 Å². The van der Waals surface area contributed by atoms with E-state index in [2.05, 4.69) is 66.5 Å². The number of rotatable bonds is 5. The molecule has 0 radical (unpaired) electrons. The number of hydrogen-bond acceptors (Lipinski definition) is 3. The average Bonchev–Trinajstić information content (AvgIpc) is 2.47. The standard InChI is InChI=1S/C16H27N3/c1-4-15-12-19(11-10-18(15)3)13-16(17-2)14-8-6-5-7-9-14/h5-9,15-17H,4,10-13H2,1-3H3. The summed E-state index contributed by atoms with van der Waals surface area (Å²) in [6, 6.07) is 11.9. The van der Waals surface area contributed by atoms with Crippen molar-refractivity contribution in [2.45, 2.75) is 25.4 Å². The Kier molecular flexibility index (Phi) is 5.37. The molecular formula is C16H27N3. The van der Waals surface area contributed by atoms with E-state index in [0.717, 1.165) is 6.54 Å². The van der Waals surface area contributed by atoms with Gasteiger partial charge in [-0.25, -0.2) is 0 Å². The first-order valence-electron chi connectivity index (χ1n) is 7.39. The summed E-state index contributed by atoms with van der Waals surface area (Å²) in [7, 11) is 4.31. The Hall–Kier alpha value is -0.900. The van der Waals surface area contributed by atoms with Crippen LogP contribution in [0.4, 0.5) is 0 Å². The monoisotopic (exact) mass is 261 g/mol. The van der Waals surface area contributed by atoms with Gasteiger partial charge in [0.15, 0.2) is 0 Å². The highest BCUT2D eigenvalue weighted by Crippen LogP contribution is 2.17. The van der Waals surface area contributed by atoms with E-state index in [4.69, 9.17) is 0 Å². The van der Waals surface area contributed by atoms with Crippen LogP contribution in [0, 0.1) is 0 Å². The summed E-state index contributed by atoms with van der Waals surface area (Å²) in [4.78, 5) is 5.09. The van der Waals surface area contributed by atoms with Gasteiger partial charge in [0.2, 0.25) is 0 Å². The van der Waals surface area contributed by atoms with Crippen molar-refractivity contribution in [1.29, 1.82) is 0 Å². The van der Waals surface area contributed by atoms with E-state index in [1.54, 1.807) is 0 Å². The molecular weight excluding hydrogens is 234 g/mol. The van der Waals surface area contributed by atoms with Crippen LogP contribution in [0.3, 0.4) is 0 Å². The fourth-order valence-electron chi connectivity index (χ4n) is 2.92. The lowest BCUT2D eigenvalue weighted by Gasteiger charge is -2.40. The fraction of sp³-hybridized carbons (Fsp3) is 0.625. The van der Waals surface area contributed by atoms with E-state index in [1.807, 2.05) is 0 Å². The lowest BCUT2D eigenvalue weighted by atomic mass is 10.0. The van der Waals surface area contributed by atoms with Crippen LogP contribution in [-0.4, -0.2) is 56.1 Å². The molecule has 1 aliphatic heterocycles. The molecule has 0 aromatic heterocycles. The van der Waals surface area contributed by atoms with Crippen molar-refractivity contribution in [3.05, 3.63) is 35.9 Å². The molecule has 3 heteroatoms. The lowest BCUT2D eigenvalue weighted by Crippen LogP contribution is -2.52. The summed E-state index contributed by atoms with van der Waals surface area (Å²) in [6.07, 6.45) is 1.24. The van der Waals surface area contributed by atoms with Crippen molar-refractivity contribution in [1.82, 2.24) is 15.1 Å². The molecule has 19 heavy (non-hydrogen) atoms. The van der Waals surface area contributed by atoms with Crippen LogP contribution in [0.25, 0.3) is 0 Å². The second kappa shape index (κ2) is 7.04. The largest absolute Gasteiger partial charge is 0.312 e. The molecule has 2 rings (SSSR count). The maximum Gasteiger partial charge on any atom is 0.0446 e. The molecule has 0 amide bonds. The van der Waals surface area contributed by atoms with Gasteiger partial charge in [-0.3, -0.25) is 4.90 Å². The van der Waals surface area contributed by atoms with Crippen molar-refractivity contribution in [3.8, 4) is 0 Å². The maximum atomic E-state index is 3.45. The highest BCUT2D eigenvalue weighted by molar-refractivity contribution is 5.19. The minimum Gasteiger partial charge on any atom is -0.312 e. The zero-order valence-corrected chi connectivity index (χ0v) is 12.5. The smallest absolute Gasteiger partial charge is 0.0446 e. The van der Waals surface area contributed by atoms with Crippen LogP contribution in [-0.2, 0) is 0 Å². The van der Waals surface area contributed by atoms with Gasteiger partial charge in [-0.2, -0.15) is 0 Å². The third-order valence-corrected chi connectivity index (χ3v) is 4.32. The zero-order valence-electron chi connectivity index (χ0n) is 12.5. The minimum atomic E-state index is 0.433. The number of benzene rings is 1. The summed E-state index contributed by atoms with van der Waals surface area (Å²) in [5, 5.41) is 3.45. The van der Waals surface area contributed by atoms with E-state index < -0.39 is 0 Å². The van der Waals surface area contributed by atoms with Gasteiger partial charge in [0.05, 0.1) is 0 Å². The molecule has 0 spiro atoms. The Morgan fingerprint density at radius 3 is 2.63 bits per heavy atom. The molecule has 1 aromatic carbocycles.